The van der Waals surface area contributed by atoms with Crippen molar-refractivity contribution >= 4 is 17.6 Å². The molecule has 0 amide bonds. The van der Waals surface area contributed by atoms with Crippen LogP contribution in [0.4, 0.5) is 0 Å². The van der Waals surface area contributed by atoms with Crippen LogP contribution in [0.1, 0.15) is 38.2 Å². The van der Waals surface area contributed by atoms with Gasteiger partial charge in [0.15, 0.2) is 0 Å². The van der Waals surface area contributed by atoms with E-state index < -0.39 is 0 Å². The second-order valence-corrected chi connectivity index (χ2v) is 4.47. The van der Waals surface area contributed by atoms with E-state index in [9.17, 15) is 4.79 Å². The third-order valence-electron chi connectivity index (χ3n) is 2.70. The maximum Gasteiger partial charge on any atom is 0.305 e. The zero-order chi connectivity index (χ0) is 13.9. The largest absolute Gasteiger partial charge is 0.493 e. The van der Waals surface area contributed by atoms with Crippen LogP contribution in [-0.4, -0.2) is 19.2 Å². The van der Waals surface area contributed by atoms with E-state index in [2.05, 4.69) is 0 Å². The fourth-order valence-corrected chi connectivity index (χ4v) is 1.94. The van der Waals surface area contributed by atoms with Crippen LogP contribution in [-0.2, 0) is 15.4 Å². The van der Waals surface area contributed by atoms with Crippen molar-refractivity contribution in [1.82, 2.24) is 0 Å². The fraction of sp³-hybridized carbons (Fsp3) is 0.533. The molecule has 0 spiro atoms. The number of esters is 1. The summed E-state index contributed by atoms with van der Waals surface area (Å²) < 4.78 is 10.5. The Morgan fingerprint density at radius 2 is 2.00 bits per heavy atom. The van der Waals surface area contributed by atoms with E-state index in [1.807, 2.05) is 31.2 Å². The minimum Gasteiger partial charge on any atom is -0.493 e. The van der Waals surface area contributed by atoms with Gasteiger partial charge in [0, 0.05) is 12.0 Å². The maximum atomic E-state index is 11.1. The number of para-hydroxylation sites is 1. The molecular weight excluding hydrogens is 264 g/mol. The third-order valence-corrected chi connectivity index (χ3v) is 2.99. The maximum absolute atomic E-state index is 11.1. The van der Waals surface area contributed by atoms with Gasteiger partial charge in [-0.1, -0.05) is 18.2 Å². The molecule has 0 unspecified atom stereocenters. The van der Waals surface area contributed by atoms with Crippen molar-refractivity contribution in [3.8, 4) is 5.75 Å². The molecule has 0 saturated carbocycles. The summed E-state index contributed by atoms with van der Waals surface area (Å²) in [6.45, 7) is 2.92. The van der Waals surface area contributed by atoms with Gasteiger partial charge in [-0.3, -0.25) is 4.79 Å². The number of unbranched alkanes of at least 4 members (excludes halogenated alkanes) is 2. The van der Waals surface area contributed by atoms with Gasteiger partial charge in [0.05, 0.1) is 19.1 Å². The number of ether oxygens (including phenoxy) is 2. The zero-order valence-electron chi connectivity index (χ0n) is 11.4. The second kappa shape index (κ2) is 9.68. The monoisotopic (exact) mass is 284 g/mol. The lowest BCUT2D eigenvalue weighted by Crippen LogP contribution is -2.04. The van der Waals surface area contributed by atoms with Crippen LogP contribution < -0.4 is 4.74 Å². The molecule has 3 nitrogen and oxygen atoms in total. The van der Waals surface area contributed by atoms with Crippen LogP contribution in [0.25, 0.3) is 0 Å². The predicted molar refractivity (Wildman–Crippen MR) is 76.6 cm³/mol. The molecule has 0 atom stereocenters. The van der Waals surface area contributed by atoms with Gasteiger partial charge in [-0.25, -0.2) is 0 Å². The van der Waals surface area contributed by atoms with Crippen LogP contribution >= 0.6 is 11.6 Å². The number of hydrogen-bond donors (Lipinski definition) is 0. The highest BCUT2D eigenvalue weighted by atomic mass is 35.5. The van der Waals surface area contributed by atoms with E-state index >= 15 is 0 Å². The highest BCUT2D eigenvalue weighted by molar-refractivity contribution is 6.17. The Balaban J connectivity index is 2.12. The molecule has 1 rings (SSSR count). The van der Waals surface area contributed by atoms with E-state index in [4.69, 9.17) is 21.1 Å². The molecule has 1 aromatic rings. The fourth-order valence-electron chi connectivity index (χ4n) is 1.72. The summed E-state index contributed by atoms with van der Waals surface area (Å²) in [6, 6.07) is 7.77. The zero-order valence-corrected chi connectivity index (χ0v) is 12.1. The first-order chi connectivity index (χ1) is 9.27. The molecule has 0 aliphatic carbocycles. The normalized spacial score (nSPS) is 10.2. The van der Waals surface area contributed by atoms with Crippen LogP contribution in [0.5, 0.6) is 5.75 Å². The smallest absolute Gasteiger partial charge is 0.305 e. The average Bonchev–Trinajstić information content (AvgIpc) is 2.43. The van der Waals surface area contributed by atoms with Crippen molar-refractivity contribution in [2.24, 2.45) is 0 Å². The summed E-state index contributed by atoms with van der Waals surface area (Å²) in [5, 5.41) is 0. The van der Waals surface area contributed by atoms with Crippen LogP contribution in [0.15, 0.2) is 24.3 Å². The van der Waals surface area contributed by atoms with Gasteiger partial charge in [-0.15, -0.1) is 11.6 Å². The van der Waals surface area contributed by atoms with Crippen molar-refractivity contribution in [1.29, 1.82) is 0 Å². The van der Waals surface area contributed by atoms with E-state index in [-0.39, 0.29) is 5.97 Å². The third kappa shape index (κ3) is 6.48. The molecule has 19 heavy (non-hydrogen) atoms. The summed E-state index contributed by atoms with van der Waals surface area (Å²) in [6.07, 6.45) is 3.23. The standard InChI is InChI=1S/C15H21ClO3/c1-2-18-15(17)10-4-3-7-11-19-14-9-6-5-8-13(14)12-16/h5-6,8-9H,2-4,7,10-12H2,1H3. The van der Waals surface area contributed by atoms with Gasteiger partial charge < -0.3 is 9.47 Å². The lowest BCUT2D eigenvalue weighted by atomic mass is 10.2. The topological polar surface area (TPSA) is 35.5 Å². The van der Waals surface area contributed by atoms with Crippen molar-refractivity contribution in [3.63, 3.8) is 0 Å². The minimum absolute atomic E-state index is 0.115. The molecule has 1 aromatic carbocycles. The number of halogens is 1. The molecule has 0 saturated heterocycles. The lowest BCUT2D eigenvalue weighted by Gasteiger charge is -2.09. The quantitative estimate of drug-likeness (QED) is 0.392. The Kier molecular flexibility index (Phi) is 8.07. The minimum atomic E-state index is -0.115. The van der Waals surface area contributed by atoms with E-state index in [1.165, 1.54) is 0 Å². The Labute approximate surface area is 119 Å². The highest BCUT2D eigenvalue weighted by Gasteiger charge is 2.02. The predicted octanol–water partition coefficient (Wildman–Crippen LogP) is 3.93. The molecule has 0 bridgehead atoms. The summed E-state index contributed by atoms with van der Waals surface area (Å²) in [5.74, 6) is 1.19. The van der Waals surface area contributed by atoms with Crippen molar-refractivity contribution in [2.75, 3.05) is 13.2 Å². The summed E-state index contributed by atoms with van der Waals surface area (Å²) in [4.78, 5) is 11.1. The molecule has 0 heterocycles. The number of benzene rings is 1. The van der Waals surface area contributed by atoms with E-state index in [0.29, 0.717) is 25.5 Å². The SMILES string of the molecule is CCOC(=O)CCCCCOc1ccccc1CCl. The van der Waals surface area contributed by atoms with Crippen LogP contribution in [0.2, 0.25) is 0 Å². The summed E-state index contributed by atoms with van der Waals surface area (Å²) in [5.41, 5.74) is 1.01. The van der Waals surface area contributed by atoms with Crippen molar-refractivity contribution in [2.45, 2.75) is 38.5 Å². The van der Waals surface area contributed by atoms with E-state index in [0.717, 1.165) is 30.6 Å². The molecular formula is C15H21ClO3. The molecule has 0 N–H and O–H groups in total. The summed E-state index contributed by atoms with van der Waals surface area (Å²) in [7, 11) is 0. The first-order valence-corrected chi connectivity index (χ1v) is 7.23. The van der Waals surface area contributed by atoms with Gasteiger partial charge in [0.1, 0.15) is 5.75 Å². The summed E-state index contributed by atoms with van der Waals surface area (Å²) >= 11 is 5.83. The van der Waals surface area contributed by atoms with Gasteiger partial charge >= 0.3 is 5.97 Å². The number of rotatable bonds is 9. The molecule has 0 radical (unpaired) electrons. The van der Waals surface area contributed by atoms with Crippen LogP contribution in [0, 0.1) is 0 Å². The Morgan fingerprint density at radius 1 is 1.21 bits per heavy atom. The molecule has 0 fully saturated rings. The molecule has 4 heteroatoms. The first kappa shape index (κ1) is 15.8. The highest BCUT2D eigenvalue weighted by Crippen LogP contribution is 2.20. The number of alkyl halides is 1. The van der Waals surface area contributed by atoms with E-state index in [1.54, 1.807) is 0 Å². The lowest BCUT2D eigenvalue weighted by molar-refractivity contribution is -0.143. The average molecular weight is 285 g/mol. The van der Waals surface area contributed by atoms with Gasteiger partial charge in [-0.05, 0) is 32.3 Å². The molecule has 0 aromatic heterocycles. The Morgan fingerprint density at radius 3 is 2.74 bits per heavy atom. The Hall–Kier alpha value is -1.22. The molecule has 0 aliphatic heterocycles. The van der Waals surface area contributed by atoms with Crippen molar-refractivity contribution in [3.05, 3.63) is 29.8 Å². The van der Waals surface area contributed by atoms with Crippen LogP contribution in [0.3, 0.4) is 0 Å². The first-order valence-electron chi connectivity index (χ1n) is 6.70. The Bertz CT molecular complexity index is 379. The van der Waals surface area contributed by atoms with Gasteiger partial charge in [0.2, 0.25) is 0 Å². The second-order valence-electron chi connectivity index (χ2n) is 4.21. The molecule has 106 valence electrons. The number of hydrogen-bond acceptors (Lipinski definition) is 3. The van der Waals surface area contributed by atoms with Gasteiger partial charge in [0.25, 0.3) is 0 Å². The number of carbonyl (C=O) groups excluding carboxylic acids is 1. The van der Waals surface area contributed by atoms with Crippen molar-refractivity contribution < 1.29 is 14.3 Å². The molecule has 0 aliphatic rings. The van der Waals surface area contributed by atoms with Gasteiger partial charge in [-0.2, -0.15) is 0 Å². The number of carbonyl (C=O) groups is 1.